The maximum absolute atomic E-state index is 12.9. The van der Waals surface area contributed by atoms with Crippen molar-refractivity contribution in [2.75, 3.05) is 0 Å². The van der Waals surface area contributed by atoms with Gasteiger partial charge in [0, 0.05) is 0 Å². The van der Waals surface area contributed by atoms with Crippen molar-refractivity contribution in [1.82, 2.24) is 9.78 Å². The van der Waals surface area contributed by atoms with E-state index in [9.17, 15) is 14.5 Å². The third kappa shape index (κ3) is 2.59. The van der Waals surface area contributed by atoms with Gasteiger partial charge in [-0.05, 0) is 22.6 Å². The molecule has 0 unspecified atom stereocenters. The molecule has 0 aliphatic heterocycles. The molecule has 7 heteroatoms. The molecule has 0 amide bonds. The van der Waals surface area contributed by atoms with Crippen LogP contribution in [0.3, 0.4) is 0 Å². The fraction of sp³-hybridized carbons (Fsp3) is 0.100. The summed E-state index contributed by atoms with van der Waals surface area (Å²) in [7, 11) is 0. The maximum atomic E-state index is 12.9. The van der Waals surface area contributed by atoms with Crippen LogP contribution in [0.15, 0.2) is 30.5 Å². The molecule has 88 valence electrons. The predicted molar refractivity (Wildman–Crippen MR) is 59.4 cm³/mol. The molecule has 0 fully saturated rings. The van der Waals surface area contributed by atoms with Gasteiger partial charge in [-0.15, -0.1) is 0 Å². The van der Waals surface area contributed by atoms with E-state index in [-0.39, 0.29) is 17.4 Å². The quantitative estimate of drug-likeness (QED) is 0.626. The summed E-state index contributed by atoms with van der Waals surface area (Å²) < 4.78 is 14.2. The molecule has 0 radical (unpaired) electrons. The standard InChI is InChI=1S/C10H7ClFN3O2/c11-9-6-14(13-10(9)15(16)17)5-7-2-1-3-8(12)4-7/h1-4,6H,5H2. The largest absolute Gasteiger partial charge is 0.408 e. The summed E-state index contributed by atoms with van der Waals surface area (Å²) in [6.07, 6.45) is 1.34. The van der Waals surface area contributed by atoms with E-state index in [2.05, 4.69) is 5.10 Å². The Morgan fingerprint density at radius 2 is 2.29 bits per heavy atom. The van der Waals surface area contributed by atoms with Gasteiger partial charge in [0.25, 0.3) is 0 Å². The molecule has 1 heterocycles. The fourth-order valence-corrected chi connectivity index (χ4v) is 1.63. The van der Waals surface area contributed by atoms with Gasteiger partial charge in [-0.25, -0.2) is 4.39 Å². The first-order valence-electron chi connectivity index (χ1n) is 4.68. The number of hydrogen-bond acceptors (Lipinski definition) is 3. The monoisotopic (exact) mass is 255 g/mol. The molecular formula is C10H7ClFN3O2. The van der Waals surface area contributed by atoms with Crippen molar-refractivity contribution in [2.45, 2.75) is 6.54 Å². The van der Waals surface area contributed by atoms with E-state index in [1.54, 1.807) is 12.1 Å². The van der Waals surface area contributed by atoms with Crippen LogP contribution in [-0.2, 0) is 6.54 Å². The highest BCUT2D eigenvalue weighted by Gasteiger charge is 2.18. The van der Waals surface area contributed by atoms with E-state index < -0.39 is 10.7 Å². The molecule has 1 aromatic heterocycles. The number of hydrogen-bond donors (Lipinski definition) is 0. The lowest BCUT2D eigenvalue weighted by atomic mass is 10.2. The number of aromatic nitrogens is 2. The number of rotatable bonds is 3. The number of nitrogens with zero attached hydrogens (tertiary/aromatic N) is 3. The van der Waals surface area contributed by atoms with Crippen LogP contribution in [-0.4, -0.2) is 14.7 Å². The van der Waals surface area contributed by atoms with Crippen molar-refractivity contribution in [1.29, 1.82) is 0 Å². The van der Waals surface area contributed by atoms with Crippen molar-refractivity contribution in [2.24, 2.45) is 0 Å². The Hall–Kier alpha value is -1.95. The van der Waals surface area contributed by atoms with Gasteiger partial charge in [0.2, 0.25) is 0 Å². The molecule has 2 rings (SSSR count). The van der Waals surface area contributed by atoms with E-state index >= 15 is 0 Å². The van der Waals surface area contributed by atoms with E-state index in [0.717, 1.165) is 0 Å². The van der Waals surface area contributed by atoms with Crippen LogP contribution in [0.5, 0.6) is 0 Å². The van der Waals surface area contributed by atoms with Gasteiger partial charge >= 0.3 is 5.82 Å². The number of benzene rings is 1. The molecule has 0 spiro atoms. The van der Waals surface area contributed by atoms with Crippen LogP contribution in [0.1, 0.15) is 5.56 Å². The van der Waals surface area contributed by atoms with Crippen LogP contribution in [0.2, 0.25) is 5.02 Å². The summed E-state index contributed by atoms with van der Waals surface area (Å²) in [5, 5.41) is 14.2. The number of halogens is 2. The summed E-state index contributed by atoms with van der Waals surface area (Å²) in [5.41, 5.74) is 0.652. The van der Waals surface area contributed by atoms with Crippen molar-refractivity contribution in [3.05, 3.63) is 57.0 Å². The smallest absolute Gasteiger partial charge is 0.358 e. The minimum atomic E-state index is -0.662. The van der Waals surface area contributed by atoms with Gasteiger partial charge in [0.1, 0.15) is 5.82 Å². The molecule has 0 saturated heterocycles. The van der Waals surface area contributed by atoms with Crippen LogP contribution < -0.4 is 0 Å². The third-order valence-electron chi connectivity index (χ3n) is 2.11. The fourth-order valence-electron chi connectivity index (χ4n) is 1.41. The van der Waals surface area contributed by atoms with Gasteiger partial charge in [0.05, 0.1) is 17.8 Å². The van der Waals surface area contributed by atoms with E-state index in [1.165, 1.54) is 23.0 Å². The highest BCUT2D eigenvalue weighted by atomic mass is 35.5. The molecule has 0 N–H and O–H groups in total. The molecule has 0 saturated carbocycles. The number of nitro groups is 1. The van der Waals surface area contributed by atoms with E-state index in [4.69, 9.17) is 11.6 Å². The Balaban J connectivity index is 2.25. The van der Waals surface area contributed by atoms with E-state index in [0.29, 0.717) is 5.56 Å². The molecule has 5 nitrogen and oxygen atoms in total. The molecular weight excluding hydrogens is 249 g/mol. The highest BCUT2D eigenvalue weighted by molar-refractivity contribution is 6.32. The predicted octanol–water partition coefficient (Wildman–Crippen LogP) is 2.63. The zero-order chi connectivity index (χ0) is 12.4. The zero-order valence-electron chi connectivity index (χ0n) is 8.51. The van der Waals surface area contributed by atoms with E-state index in [1.807, 2.05) is 0 Å². The van der Waals surface area contributed by atoms with Gasteiger partial charge < -0.3 is 10.1 Å². The summed E-state index contributed by atoms with van der Waals surface area (Å²) in [4.78, 5) is 9.86. The average Bonchev–Trinajstić information content (AvgIpc) is 2.59. The molecule has 0 aliphatic rings. The second-order valence-electron chi connectivity index (χ2n) is 3.39. The Morgan fingerprint density at radius 1 is 1.53 bits per heavy atom. The molecule has 0 atom stereocenters. The first-order chi connectivity index (χ1) is 8.06. The zero-order valence-corrected chi connectivity index (χ0v) is 9.26. The van der Waals surface area contributed by atoms with Gasteiger partial charge in [-0.1, -0.05) is 23.7 Å². The van der Waals surface area contributed by atoms with Crippen LogP contribution >= 0.6 is 11.6 Å². The summed E-state index contributed by atoms with van der Waals surface area (Å²) in [6.45, 7) is 0.227. The molecule has 2 aromatic rings. The molecule has 0 aliphatic carbocycles. The third-order valence-corrected chi connectivity index (χ3v) is 2.37. The Labute approximate surface area is 101 Å². The van der Waals surface area contributed by atoms with Crippen molar-refractivity contribution < 1.29 is 9.31 Å². The van der Waals surface area contributed by atoms with Gasteiger partial charge in [-0.3, -0.25) is 0 Å². The lowest BCUT2D eigenvalue weighted by Gasteiger charge is -1.97. The average molecular weight is 256 g/mol. The first kappa shape index (κ1) is 11.5. The minimum Gasteiger partial charge on any atom is -0.358 e. The highest BCUT2D eigenvalue weighted by Crippen LogP contribution is 2.21. The van der Waals surface area contributed by atoms with Gasteiger partial charge in [-0.2, -0.15) is 4.68 Å². The van der Waals surface area contributed by atoms with Crippen LogP contribution in [0, 0.1) is 15.9 Å². The lowest BCUT2D eigenvalue weighted by Crippen LogP contribution is -2.01. The second kappa shape index (κ2) is 4.50. The topological polar surface area (TPSA) is 61.0 Å². The summed E-state index contributed by atoms with van der Waals surface area (Å²) in [6, 6.07) is 5.91. The molecule has 1 aromatic carbocycles. The molecule has 17 heavy (non-hydrogen) atoms. The van der Waals surface area contributed by atoms with Crippen molar-refractivity contribution >= 4 is 17.4 Å². The first-order valence-corrected chi connectivity index (χ1v) is 5.06. The SMILES string of the molecule is O=[N+]([O-])c1nn(Cc2cccc(F)c2)cc1Cl. The van der Waals surface area contributed by atoms with Gasteiger partial charge in [0.15, 0.2) is 5.02 Å². The van der Waals surface area contributed by atoms with Crippen LogP contribution in [0.25, 0.3) is 0 Å². The van der Waals surface area contributed by atoms with Crippen LogP contribution in [0.4, 0.5) is 10.2 Å². The Bertz CT molecular complexity index is 570. The Morgan fingerprint density at radius 3 is 2.88 bits per heavy atom. The normalized spacial score (nSPS) is 10.5. The lowest BCUT2D eigenvalue weighted by molar-refractivity contribution is -0.389. The summed E-state index contributed by atoms with van der Waals surface area (Å²) >= 11 is 5.64. The summed E-state index contributed by atoms with van der Waals surface area (Å²) in [5.74, 6) is -0.765. The van der Waals surface area contributed by atoms with Crippen molar-refractivity contribution in [3.63, 3.8) is 0 Å². The maximum Gasteiger partial charge on any atom is 0.408 e. The minimum absolute atomic E-state index is 0.0357. The Kier molecular flexibility index (Phi) is 3.06. The second-order valence-corrected chi connectivity index (χ2v) is 3.79. The molecule has 0 bridgehead atoms. The van der Waals surface area contributed by atoms with Crippen molar-refractivity contribution in [3.8, 4) is 0 Å².